The van der Waals surface area contributed by atoms with E-state index in [1.54, 1.807) is 6.07 Å². The summed E-state index contributed by atoms with van der Waals surface area (Å²) in [7, 11) is -2.63. The van der Waals surface area contributed by atoms with Crippen LogP contribution in [0.1, 0.15) is 34.6 Å². The first kappa shape index (κ1) is 24.9. The number of rotatable bonds is 7. The van der Waals surface area contributed by atoms with Gasteiger partial charge in [-0.15, -0.1) is 0 Å². The van der Waals surface area contributed by atoms with Gasteiger partial charge in [0.2, 0.25) is 5.95 Å². The molecule has 1 unspecified atom stereocenters. The quantitative estimate of drug-likeness (QED) is 0.469. The first-order chi connectivity index (χ1) is 16.6. The van der Waals surface area contributed by atoms with Crippen LogP contribution in [0.25, 0.3) is 0 Å². The van der Waals surface area contributed by atoms with Gasteiger partial charge in [-0.1, -0.05) is 12.1 Å². The number of halogens is 4. The summed E-state index contributed by atoms with van der Waals surface area (Å²) in [5.74, 6) is -0.996. The number of nitrogens with zero attached hydrogens (tertiary/aromatic N) is 2. The van der Waals surface area contributed by atoms with Crippen molar-refractivity contribution in [3.8, 4) is 5.75 Å². The predicted octanol–water partition coefficient (Wildman–Crippen LogP) is 4.54. The Kier molecular flexibility index (Phi) is 6.95. The van der Waals surface area contributed by atoms with E-state index in [9.17, 15) is 26.0 Å². The molecule has 0 radical (unpaired) electrons. The number of sulfonamides is 1. The van der Waals surface area contributed by atoms with Crippen LogP contribution in [0.5, 0.6) is 5.75 Å². The zero-order chi connectivity index (χ0) is 25.2. The van der Waals surface area contributed by atoms with Crippen LogP contribution in [0.2, 0.25) is 0 Å². The SMILES string of the molecule is COCCc1cc(C(F)(F)F)ccc1C1CCOc2cc(S(=O)(=O)Nc3ncc(F)cn3)ccc21. The molecule has 0 saturated carbocycles. The highest BCUT2D eigenvalue weighted by atomic mass is 32.2. The summed E-state index contributed by atoms with van der Waals surface area (Å²) in [6, 6.07) is 7.93. The lowest BCUT2D eigenvalue weighted by atomic mass is 9.83. The zero-order valence-electron chi connectivity index (χ0n) is 18.5. The number of benzene rings is 2. The molecule has 0 spiro atoms. The van der Waals surface area contributed by atoms with E-state index in [0.29, 0.717) is 28.9 Å². The van der Waals surface area contributed by atoms with E-state index in [4.69, 9.17) is 9.47 Å². The molecule has 4 rings (SSSR count). The Morgan fingerprint density at radius 3 is 2.51 bits per heavy atom. The normalized spacial score (nSPS) is 15.9. The van der Waals surface area contributed by atoms with Crippen molar-refractivity contribution < 1.29 is 35.5 Å². The first-order valence-corrected chi connectivity index (χ1v) is 12.0. The van der Waals surface area contributed by atoms with Crippen molar-refractivity contribution in [2.75, 3.05) is 25.0 Å². The molecule has 2 heterocycles. The fourth-order valence-corrected chi connectivity index (χ4v) is 4.93. The van der Waals surface area contributed by atoms with E-state index < -0.39 is 27.6 Å². The Morgan fingerprint density at radius 2 is 1.83 bits per heavy atom. The van der Waals surface area contributed by atoms with Crippen molar-refractivity contribution in [2.45, 2.75) is 29.8 Å². The van der Waals surface area contributed by atoms with Crippen LogP contribution in [0.4, 0.5) is 23.5 Å². The molecule has 0 aliphatic carbocycles. The number of anilines is 1. The minimum atomic E-state index is -4.47. The fraction of sp³-hybridized carbons (Fsp3) is 0.304. The zero-order valence-corrected chi connectivity index (χ0v) is 19.3. The Morgan fingerprint density at radius 1 is 1.11 bits per heavy atom. The van der Waals surface area contributed by atoms with Crippen molar-refractivity contribution in [3.63, 3.8) is 0 Å². The number of alkyl halides is 3. The maximum atomic E-state index is 13.3. The number of ether oxygens (including phenoxy) is 2. The number of methoxy groups -OCH3 is 1. The van der Waals surface area contributed by atoms with Gasteiger partial charge in [-0.25, -0.2) is 27.5 Å². The molecule has 35 heavy (non-hydrogen) atoms. The van der Waals surface area contributed by atoms with Gasteiger partial charge < -0.3 is 9.47 Å². The number of nitrogens with one attached hydrogen (secondary N) is 1. The molecule has 0 amide bonds. The lowest BCUT2D eigenvalue weighted by Crippen LogP contribution is -2.19. The average molecular weight is 511 g/mol. The maximum Gasteiger partial charge on any atom is 0.416 e. The molecule has 1 aromatic heterocycles. The highest BCUT2D eigenvalue weighted by Crippen LogP contribution is 2.42. The molecular formula is C23H21F4N3O4S. The number of hydrogen-bond acceptors (Lipinski definition) is 6. The fourth-order valence-electron chi connectivity index (χ4n) is 3.95. The summed E-state index contributed by atoms with van der Waals surface area (Å²) in [5, 5.41) is 0. The van der Waals surface area contributed by atoms with Crippen LogP contribution in [0.15, 0.2) is 53.7 Å². The smallest absolute Gasteiger partial charge is 0.416 e. The molecule has 0 saturated heterocycles. The van der Waals surface area contributed by atoms with Gasteiger partial charge in [0.05, 0.1) is 36.1 Å². The highest BCUT2D eigenvalue weighted by Gasteiger charge is 2.33. The number of hydrogen-bond donors (Lipinski definition) is 1. The van der Waals surface area contributed by atoms with E-state index in [0.717, 1.165) is 24.5 Å². The topological polar surface area (TPSA) is 90.4 Å². The maximum absolute atomic E-state index is 13.3. The third kappa shape index (κ3) is 5.54. The molecule has 7 nitrogen and oxygen atoms in total. The summed E-state index contributed by atoms with van der Waals surface area (Å²) in [4.78, 5) is 7.05. The van der Waals surface area contributed by atoms with Gasteiger partial charge in [0, 0.05) is 24.7 Å². The van der Waals surface area contributed by atoms with Gasteiger partial charge in [-0.2, -0.15) is 13.2 Å². The summed E-state index contributed by atoms with van der Waals surface area (Å²) in [6.07, 6.45) is -2.02. The lowest BCUT2D eigenvalue weighted by molar-refractivity contribution is -0.137. The second kappa shape index (κ2) is 9.78. The molecule has 2 aromatic carbocycles. The third-order valence-electron chi connectivity index (χ3n) is 5.60. The predicted molar refractivity (Wildman–Crippen MR) is 118 cm³/mol. The van der Waals surface area contributed by atoms with Crippen LogP contribution in [-0.2, 0) is 27.4 Å². The molecule has 0 bridgehead atoms. The monoisotopic (exact) mass is 511 g/mol. The summed E-state index contributed by atoms with van der Waals surface area (Å²) in [5.41, 5.74) is 1.13. The molecule has 3 aromatic rings. The van der Waals surface area contributed by atoms with Gasteiger partial charge in [-0.3, -0.25) is 0 Å². The van der Waals surface area contributed by atoms with Crippen molar-refractivity contribution in [3.05, 3.63) is 76.9 Å². The second-order valence-corrected chi connectivity index (χ2v) is 9.56. The highest BCUT2D eigenvalue weighted by molar-refractivity contribution is 7.92. The van der Waals surface area contributed by atoms with E-state index in [-0.39, 0.29) is 36.4 Å². The third-order valence-corrected chi connectivity index (χ3v) is 6.93. The van der Waals surface area contributed by atoms with Crippen molar-refractivity contribution in [1.82, 2.24) is 9.97 Å². The minimum Gasteiger partial charge on any atom is -0.493 e. The van der Waals surface area contributed by atoms with Crippen molar-refractivity contribution in [1.29, 1.82) is 0 Å². The van der Waals surface area contributed by atoms with Crippen molar-refractivity contribution in [2.24, 2.45) is 0 Å². The van der Waals surface area contributed by atoms with Crippen LogP contribution in [0, 0.1) is 5.82 Å². The number of fused-ring (bicyclic) bond motifs is 1. The summed E-state index contributed by atoms with van der Waals surface area (Å²) >= 11 is 0. The van der Waals surface area contributed by atoms with Gasteiger partial charge in [0.15, 0.2) is 5.82 Å². The van der Waals surface area contributed by atoms with E-state index in [1.807, 2.05) is 0 Å². The molecule has 1 atom stereocenters. The molecule has 1 aliphatic rings. The first-order valence-electron chi connectivity index (χ1n) is 10.5. The molecule has 1 N–H and O–H groups in total. The summed E-state index contributed by atoms with van der Waals surface area (Å²) in [6.45, 7) is 0.499. The van der Waals surface area contributed by atoms with Gasteiger partial charge in [0.1, 0.15) is 5.75 Å². The standard InChI is InChI=1S/C23H21F4N3O4S/c1-33-8-6-14-10-15(23(25,26)27)2-4-18(14)19-7-9-34-21-11-17(3-5-20(19)21)35(31,32)30-22-28-12-16(24)13-29-22/h2-5,10-13,19H,6-9H2,1H3,(H,28,29,30). The van der Waals surface area contributed by atoms with Crippen molar-refractivity contribution >= 4 is 16.0 Å². The van der Waals surface area contributed by atoms with Crippen LogP contribution in [0.3, 0.4) is 0 Å². The molecule has 12 heteroatoms. The Balaban J connectivity index is 1.68. The minimum absolute atomic E-state index is 0.128. The second-order valence-electron chi connectivity index (χ2n) is 7.87. The van der Waals surface area contributed by atoms with Gasteiger partial charge >= 0.3 is 6.18 Å². The molecular weight excluding hydrogens is 490 g/mol. The van der Waals surface area contributed by atoms with Gasteiger partial charge in [-0.05, 0) is 42.2 Å². The summed E-state index contributed by atoms with van der Waals surface area (Å²) < 4.78 is 91.4. The van der Waals surface area contributed by atoms with E-state index >= 15 is 0 Å². The molecule has 0 fully saturated rings. The lowest BCUT2D eigenvalue weighted by Gasteiger charge is -2.29. The van der Waals surface area contributed by atoms with Crippen LogP contribution >= 0.6 is 0 Å². The average Bonchev–Trinajstić information content (AvgIpc) is 2.82. The number of aromatic nitrogens is 2. The Hall–Kier alpha value is -3.25. The van der Waals surface area contributed by atoms with Crippen LogP contribution in [-0.4, -0.2) is 38.7 Å². The molecule has 1 aliphatic heterocycles. The Labute approximate surface area is 199 Å². The van der Waals surface area contributed by atoms with Crippen LogP contribution < -0.4 is 9.46 Å². The Bertz CT molecular complexity index is 1320. The largest absolute Gasteiger partial charge is 0.493 e. The van der Waals surface area contributed by atoms with E-state index in [2.05, 4.69) is 14.7 Å². The van der Waals surface area contributed by atoms with Gasteiger partial charge in [0.25, 0.3) is 10.0 Å². The van der Waals surface area contributed by atoms with E-state index in [1.165, 1.54) is 25.3 Å². The molecule has 186 valence electrons.